The van der Waals surface area contributed by atoms with Crippen LogP contribution < -0.4 is 10.5 Å². The van der Waals surface area contributed by atoms with Crippen molar-refractivity contribution in [2.45, 2.75) is 44.7 Å². The van der Waals surface area contributed by atoms with E-state index in [-0.39, 0.29) is 0 Å². The van der Waals surface area contributed by atoms with E-state index in [4.69, 9.17) is 10.5 Å². The molecule has 3 N–H and O–H groups in total. The summed E-state index contributed by atoms with van der Waals surface area (Å²) in [5, 5.41) is 1.62. The summed E-state index contributed by atoms with van der Waals surface area (Å²) in [4.78, 5) is 9.17. The summed E-state index contributed by atoms with van der Waals surface area (Å²) in [5.41, 5.74) is 8.68. The molecule has 174 valence electrons. The first-order chi connectivity index (χ1) is 15.9. The molecule has 0 bridgehead atoms. The van der Waals surface area contributed by atoms with Crippen molar-refractivity contribution in [2.24, 2.45) is 0 Å². The van der Waals surface area contributed by atoms with Crippen molar-refractivity contribution in [1.29, 1.82) is 0 Å². The molecule has 0 aliphatic rings. The Morgan fingerprint density at radius 2 is 1.91 bits per heavy atom. The van der Waals surface area contributed by atoms with Crippen LogP contribution in [0.4, 0.5) is 5.82 Å². The Kier molecular flexibility index (Phi) is 6.92. The quantitative estimate of drug-likeness (QED) is 0.343. The molecule has 0 amide bonds. The standard InChI is InChI=1S/C24H29N5O3S/c1-3-32-16-21-28-22-23(17(2)15-26-24(22)25)29(21)14-7-6-13-27-33(30,31)20-12-8-10-18-9-4-5-11-19(18)20/h4-5,8-12,15,27H,3,6-7,13-14,16H2,1-2H3,(H2,25,26). The maximum Gasteiger partial charge on any atom is 0.241 e. The van der Waals surface area contributed by atoms with Crippen LogP contribution in [0.3, 0.4) is 0 Å². The highest BCUT2D eigenvalue weighted by atomic mass is 32.2. The Balaban J connectivity index is 1.44. The van der Waals surface area contributed by atoms with E-state index in [1.807, 2.05) is 44.2 Å². The molecule has 2 heterocycles. The van der Waals surface area contributed by atoms with Crippen LogP contribution in [0.2, 0.25) is 0 Å². The number of nitrogens with two attached hydrogens (primary N) is 1. The number of ether oxygens (including phenoxy) is 1. The summed E-state index contributed by atoms with van der Waals surface area (Å²) in [7, 11) is -3.60. The molecule has 0 aliphatic heterocycles. The highest BCUT2D eigenvalue weighted by molar-refractivity contribution is 7.89. The molecule has 0 saturated carbocycles. The number of aromatic nitrogens is 3. The number of nitrogens with zero attached hydrogens (tertiary/aromatic N) is 3. The Morgan fingerprint density at radius 3 is 2.73 bits per heavy atom. The third-order valence-corrected chi connectivity index (χ3v) is 7.15. The molecule has 0 saturated heterocycles. The van der Waals surface area contributed by atoms with Gasteiger partial charge in [-0.3, -0.25) is 0 Å². The first-order valence-corrected chi connectivity index (χ1v) is 12.6. The van der Waals surface area contributed by atoms with Crippen LogP contribution in [0.5, 0.6) is 0 Å². The van der Waals surface area contributed by atoms with E-state index in [0.29, 0.717) is 49.0 Å². The van der Waals surface area contributed by atoms with Crippen molar-refractivity contribution < 1.29 is 13.2 Å². The minimum atomic E-state index is -3.60. The van der Waals surface area contributed by atoms with Gasteiger partial charge in [0.05, 0.1) is 10.4 Å². The molecule has 0 spiro atoms. The van der Waals surface area contributed by atoms with Gasteiger partial charge >= 0.3 is 0 Å². The first kappa shape index (κ1) is 23.2. The highest BCUT2D eigenvalue weighted by Crippen LogP contribution is 2.25. The largest absolute Gasteiger partial charge is 0.382 e. The molecular formula is C24H29N5O3S. The Morgan fingerprint density at radius 1 is 1.12 bits per heavy atom. The van der Waals surface area contributed by atoms with Crippen molar-refractivity contribution in [1.82, 2.24) is 19.3 Å². The maximum absolute atomic E-state index is 12.9. The summed E-state index contributed by atoms with van der Waals surface area (Å²) in [6.45, 7) is 5.93. The molecule has 2 aromatic carbocycles. The van der Waals surface area contributed by atoms with E-state index in [0.717, 1.165) is 34.1 Å². The zero-order valence-electron chi connectivity index (χ0n) is 18.9. The predicted octanol–water partition coefficient (Wildman–Crippen LogP) is 3.77. The first-order valence-electron chi connectivity index (χ1n) is 11.1. The van der Waals surface area contributed by atoms with E-state index in [9.17, 15) is 8.42 Å². The van der Waals surface area contributed by atoms with Crippen molar-refractivity contribution in [3.8, 4) is 0 Å². The molecule has 4 aromatic rings. The van der Waals surface area contributed by atoms with E-state index in [1.54, 1.807) is 18.3 Å². The number of nitrogen functional groups attached to an aromatic ring is 1. The van der Waals surface area contributed by atoms with Gasteiger partial charge in [0.25, 0.3) is 0 Å². The van der Waals surface area contributed by atoms with E-state index in [1.165, 1.54) is 0 Å². The number of hydrogen-bond donors (Lipinski definition) is 2. The van der Waals surface area contributed by atoms with Crippen LogP contribution in [-0.4, -0.2) is 36.1 Å². The van der Waals surface area contributed by atoms with Crippen molar-refractivity contribution in [3.05, 3.63) is 60.0 Å². The Hall–Kier alpha value is -3.01. The van der Waals surface area contributed by atoms with Gasteiger partial charge < -0.3 is 15.0 Å². The van der Waals surface area contributed by atoms with Crippen LogP contribution in [0.15, 0.2) is 53.6 Å². The topological polar surface area (TPSA) is 112 Å². The molecule has 33 heavy (non-hydrogen) atoms. The molecule has 0 aliphatic carbocycles. The number of imidazole rings is 1. The van der Waals surface area contributed by atoms with E-state index >= 15 is 0 Å². The normalized spacial score (nSPS) is 12.1. The van der Waals surface area contributed by atoms with Crippen LogP contribution >= 0.6 is 0 Å². The van der Waals surface area contributed by atoms with Crippen molar-refractivity contribution in [2.75, 3.05) is 18.9 Å². The van der Waals surface area contributed by atoms with Crippen molar-refractivity contribution in [3.63, 3.8) is 0 Å². The van der Waals surface area contributed by atoms with Crippen LogP contribution in [0.25, 0.3) is 21.8 Å². The summed E-state index contributed by atoms with van der Waals surface area (Å²) < 4.78 is 36.3. The summed E-state index contributed by atoms with van der Waals surface area (Å²) in [5.74, 6) is 1.20. The second-order valence-electron chi connectivity index (χ2n) is 7.92. The number of rotatable bonds is 10. The number of aryl methyl sites for hydroxylation is 2. The Labute approximate surface area is 193 Å². The maximum atomic E-state index is 12.9. The molecule has 0 atom stereocenters. The fourth-order valence-electron chi connectivity index (χ4n) is 4.02. The number of sulfonamides is 1. The monoisotopic (exact) mass is 467 g/mol. The molecule has 0 unspecified atom stereocenters. The molecule has 0 radical (unpaired) electrons. The minimum Gasteiger partial charge on any atom is -0.382 e. The third-order valence-electron chi connectivity index (χ3n) is 5.64. The molecule has 4 rings (SSSR count). The predicted molar refractivity (Wildman–Crippen MR) is 130 cm³/mol. The fraction of sp³-hybridized carbons (Fsp3) is 0.333. The number of pyridine rings is 1. The lowest BCUT2D eigenvalue weighted by molar-refractivity contribution is 0.126. The molecule has 8 nitrogen and oxygen atoms in total. The molecular weight excluding hydrogens is 438 g/mol. The summed E-state index contributed by atoms with van der Waals surface area (Å²) in [6.07, 6.45) is 3.19. The van der Waals surface area contributed by atoms with Gasteiger partial charge in [-0.05, 0) is 43.7 Å². The van der Waals surface area contributed by atoms with Gasteiger partial charge in [-0.1, -0.05) is 36.4 Å². The van der Waals surface area contributed by atoms with Gasteiger partial charge in [0.2, 0.25) is 10.0 Å². The number of unbranched alkanes of at least 4 members (excludes halogenated alkanes) is 1. The number of nitrogens with one attached hydrogen (secondary N) is 1. The van der Waals surface area contributed by atoms with Gasteiger partial charge in [0.15, 0.2) is 5.82 Å². The lowest BCUT2D eigenvalue weighted by Crippen LogP contribution is -2.25. The Bertz CT molecular complexity index is 1380. The lowest BCUT2D eigenvalue weighted by Gasteiger charge is -2.12. The smallest absolute Gasteiger partial charge is 0.241 e. The summed E-state index contributed by atoms with van der Waals surface area (Å²) in [6, 6.07) is 12.8. The number of benzene rings is 2. The molecule has 2 aromatic heterocycles. The van der Waals surface area contributed by atoms with Gasteiger partial charge in [-0.25, -0.2) is 23.1 Å². The SMILES string of the molecule is CCOCc1nc2c(N)ncc(C)c2n1CCCCNS(=O)(=O)c1cccc2ccccc12. The lowest BCUT2D eigenvalue weighted by atomic mass is 10.1. The van der Waals surface area contributed by atoms with Gasteiger partial charge in [-0.2, -0.15) is 0 Å². The average Bonchev–Trinajstić information content (AvgIpc) is 3.19. The summed E-state index contributed by atoms with van der Waals surface area (Å²) >= 11 is 0. The van der Waals surface area contributed by atoms with Crippen LogP contribution in [-0.2, 0) is 27.9 Å². The van der Waals surface area contributed by atoms with Gasteiger partial charge in [0.1, 0.15) is 17.9 Å². The van der Waals surface area contributed by atoms with E-state index in [2.05, 4.69) is 19.3 Å². The zero-order chi connectivity index (χ0) is 23.4. The van der Waals surface area contributed by atoms with Crippen molar-refractivity contribution >= 4 is 37.6 Å². The second kappa shape index (κ2) is 9.86. The van der Waals surface area contributed by atoms with Crippen LogP contribution in [0.1, 0.15) is 31.2 Å². The minimum absolute atomic E-state index is 0.304. The third kappa shape index (κ3) is 4.85. The zero-order valence-corrected chi connectivity index (χ0v) is 19.7. The average molecular weight is 468 g/mol. The number of hydrogen-bond acceptors (Lipinski definition) is 6. The molecule has 0 fully saturated rings. The second-order valence-corrected chi connectivity index (χ2v) is 9.66. The van der Waals surface area contributed by atoms with E-state index < -0.39 is 10.0 Å². The molecule has 9 heteroatoms. The number of anilines is 1. The van der Waals surface area contributed by atoms with Crippen LogP contribution in [0, 0.1) is 6.92 Å². The highest BCUT2D eigenvalue weighted by Gasteiger charge is 2.18. The van der Waals surface area contributed by atoms with Gasteiger partial charge in [-0.15, -0.1) is 0 Å². The fourth-order valence-corrected chi connectivity index (χ4v) is 5.32. The number of fused-ring (bicyclic) bond motifs is 2. The van der Waals surface area contributed by atoms with Gasteiger partial charge in [0, 0.05) is 31.3 Å².